The van der Waals surface area contributed by atoms with E-state index in [-0.39, 0.29) is 11.1 Å². The molecule has 0 aromatic heterocycles. The van der Waals surface area contributed by atoms with E-state index < -0.39 is 23.9 Å². The van der Waals surface area contributed by atoms with Crippen LogP contribution in [0, 0.1) is 0 Å². The van der Waals surface area contributed by atoms with Gasteiger partial charge < -0.3 is 19.7 Å². The number of carboxylic acid groups (broad SMARTS) is 2. The lowest BCUT2D eigenvalue weighted by molar-refractivity contribution is -0.140. The molecule has 0 saturated carbocycles. The number of carboxylic acids is 2. The third-order valence-electron chi connectivity index (χ3n) is 8.28. The fourth-order valence-electron chi connectivity index (χ4n) is 5.28. The van der Waals surface area contributed by atoms with Gasteiger partial charge in [-0.2, -0.15) is 0 Å². The van der Waals surface area contributed by atoms with Crippen LogP contribution >= 0.6 is 0 Å². The van der Waals surface area contributed by atoms with E-state index in [0.717, 1.165) is 76.4 Å². The maximum absolute atomic E-state index is 11.5. The number of hydrogen-bond acceptors (Lipinski definition) is 6. The van der Waals surface area contributed by atoms with Crippen molar-refractivity contribution in [2.45, 2.75) is 195 Å². The topological polar surface area (TPSA) is 127 Å². The fraction of sp³-hybridized carbons (Fsp3) is 0.800. The van der Waals surface area contributed by atoms with Crippen molar-refractivity contribution in [3.63, 3.8) is 0 Å². The van der Waals surface area contributed by atoms with Crippen LogP contribution < -0.4 is 0 Å². The monoisotopic (exact) mass is 681 g/mol. The van der Waals surface area contributed by atoms with Gasteiger partial charge in [0.2, 0.25) is 0 Å². The van der Waals surface area contributed by atoms with E-state index >= 15 is 0 Å². The molecule has 0 spiro atoms. The van der Waals surface area contributed by atoms with E-state index in [4.69, 9.17) is 9.47 Å². The van der Waals surface area contributed by atoms with Crippen molar-refractivity contribution >= 4 is 23.9 Å². The third-order valence-corrected chi connectivity index (χ3v) is 8.28. The van der Waals surface area contributed by atoms with E-state index in [9.17, 15) is 29.4 Å². The number of ether oxygens (including phenoxy) is 2. The highest BCUT2D eigenvalue weighted by atomic mass is 16.5. The summed E-state index contributed by atoms with van der Waals surface area (Å²) in [5.74, 6) is -3.07. The molecule has 0 heterocycles. The number of rotatable bonds is 32. The minimum absolute atomic E-state index is 0.117. The van der Waals surface area contributed by atoms with Crippen molar-refractivity contribution in [2.75, 3.05) is 13.2 Å². The molecule has 0 bridgehead atoms. The summed E-state index contributed by atoms with van der Waals surface area (Å²) < 4.78 is 10.1. The first kappa shape index (κ1) is 47.5. The third kappa shape index (κ3) is 33.3. The normalized spacial score (nSPS) is 11.5. The molecule has 0 radical (unpaired) electrons. The van der Waals surface area contributed by atoms with Gasteiger partial charge in [-0.3, -0.25) is 0 Å². The lowest BCUT2D eigenvalue weighted by Gasteiger charge is -2.09. The second kappa shape index (κ2) is 37.2. The van der Waals surface area contributed by atoms with Crippen molar-refractivity contribution in [2.24, 2.45) is 0 Å². The minimum Gasteiger partial charge on any atom is -0.478 e. The zero-order chi connectivity index (χ0) is 36.1. The summed E-state index contributed by atoms with van der Waals surface area (Å²) in [6.07, 6.45) is 29.6. The van der Waals surface area contributed by atoms with E-state index in [1.807, 2.05) is 0 Å². The predicted octanol–water partition coefficient (Wildman–Crippen LogP) is 11.3. The highest BCUT2D eigenvalue weighted by molar-refractivity contribution is 5.98. The summed E-state index contributed by atoms with van der Waals surface area (Å²) in [4.78, 5) is 45.8. The van der Waals surface area contributed by atoms with Crippen molar-refractivity contribution in [1.29, 1.82) is 0 Å². The van der Waals surface area contributed by atoms with Crippen molar-refractivity contribution in [1.82, 2.24) is 0 Å². The van der Waals surface area contributed by atoms with E-state index in [0.29, 0.717) is 26.1 Å². The molecule has 0 aromatic rings. The van der Waals surface area contributed by atoms with Crippen LogP contribution in [0.15, 0.2) is 23.3 Å². The van der Waals surface area contributed by atoms with Gasteiger partial charge in [0.15, 0.2) is 0 Å². The number of carbonyl (C=O) groups is 4. The Hall–Kier alpha value is -2.64. The zero-order valence-electron chi connectivity index (χ0n) is 31.3. The maximum Gasteiger partial charge on any atom is 0.332 e. The molecule has 48 heavy (non-hydrogen) atoms. The Kier molecular flexibility index (Phi) is 36.8. The number of unbranched alkanes of at least 4 members (excludes halogenated alkanes) is 20. The zero-order valence-corrected chi connectivity index (χ0v) is 31.3. The van der Waals surface area contributed by atoms with Gasteiger partial charge in [0.25, 0.3) is 0 Å². The summed E-state index contributed by atoms with van der Waals surface area (Å²) in [7, 11) is 0. The van der Waals surface area contributed by atoms with Crippen LogP contribution in [0.3, 0.4) is 0 Å². The molecule has 0 atom stereocenters. The molecule has 0 amide bonds. The summed E-state index contributed by atoms with van der Waals surface area (Å²) in [6, 6.07) is 0. The van der Waals surface area contributed by atoms with Gasteiger partial charge in [0.05, 0.1) is 13.2 Å². The Morgan fingerprint density at radius 2 is 0.646 bits per heavy atom. The molecule has 2 N–H and O–H groups in total. The SMILES string of the molecule is CCCCCCCC/C(C(=O)O)=C(\CCCCCCCC)C(=O)O.CCCCCCCCOC(=O)C=CC(=O)OCCCCCCCC. The number of hydrogen-bond donors (Lipinski definition) is 2. The molecular formula is C40H72O8. The van der Waals surface area contributed by atoms with E-state index in [1.54, 1.807) is 0 Å². The molecular weight excluding hydrogens is 608 g/mol. The smallest absolute Gasteiger partial charge is 0.332 e. The van der Waals surface area contributed by atoms with Crippen molar-refractivity contribution in [3.8, 4) is 0 Å². The first-order valence-corrected chi connectivity index (χ1v) is 19.4. The highest BCUT2D eigenvalue weighted by Gasteiger charge is 2.19. The predicted molar refractivity (Wildman–Crippen MR) is 196 cm³/mol. The van der Waals surface area contributed by atoms with Crippen LogP contribution in [0.1, 0.15) is 195 Å². The van der Waals surface area contributed by atoms with Crippen LogP contribution in [0.4, 0.5) is 0 Å². The highest BCUT2D eigenvalue weighted by Crippen LogP contribution is 2.21. The Bertz CT molecular complexity index is 793. The lowest BCUT2D eigenvalue weighted by atomic mass is 9.96. The average molecular weight is 681 g/mol. The molecule has 0 rings (SSSR count). The van der Waals surface area contributed by atoms with Crippen LogP contribution in [0.2, 0.25) is 0 Å². The van der Waals surface area contributed by atoms with Crippen LogP contribution in [0.5, 0.6) is 0 Å². The summed E-state index contributed by atoms with van der Waals surface area (Å²) in [5.41, 5.74) is 0.234. The Labute approximate surface area is 293 Å². The average Bonchev–Trinajstić information content (AvgIpc) is 3.06. The summed E-state index contributed by atoms with van der Waals surface area (Å²) >= 11 is 0. The molecule has 0 aliphatic carbocycles. The fourth-order valence-corrected chi connectivity index (χ4v) is 5.28. The minimum atomic E-state index is -1.06. The summed E-state index contributed by atoms with van der Waals surface area (Å²) in [5, 5.41) is 18.8. The number of carbonyl (C=O) groups excluding carboxylic acids is 2. The Morgan fingerprint density at radius 1 is 0.396 bits per heavy atom. The molecule has 8 heteroatoms. The van der Waals surface area contributed by atoms with Gasteiger partial charge in [0, 0.05) is 23.3 Å². The molecule has 0 unspecified atom stereocenters. The molecule has 8 nitrogen and oxygen atoms in total. The molecule has 0 aliphatic rings. The first-order chi connectivity index (χ1) is 23.2. The van der Waals surface area contributed by atoms with E-state index in [1.165, 1.54) is 89.9 Å². The standard InChI is InChI=1S/2C20H36O4/c1-3-5-7-9-11-13-17-23-19(21)15-16-20(22)24-18-14-12-10-8-6-4-2;1-3-5-7-9-11-13-15-17(19(21)22)18(20(23)24)16-14-12-10-8-6-4-2/h15-16H,3-14,17-18H2,1-2H3;3-16H2,1-2H3,(H,21,22)(H,23,24)/b;18-17-. The van der Waals surface area contributed by atoms with E-state index in [2.05, 4.69) is 27.7 Å². The Balaban J connectivity index is 0. The maximum atomic E-state index is 11.5. The molecule has 280 valence electrons. The second-order valence-corrected chi connectivity index (χ2v) is 12.8. The molecule has 0 saturated heterocycles. The van der Waals surface area contributed by atoms with Gasteiger partial charge in [-0.15, -0.1) is 0 Å². The van der Waals surface area contributed by atoms with Crippen LogP contribution in [-0.2, 0) is 28.7 Å². The Morgan fingerprint density at radius 3 is 0.917 bits per heavy atom. The van der Waals surface area contributed by atoms with Crippen LogP contribution in [0.25, 0.3) is 0 Å². The summed E-state index contributed by atoms with van der Waals surface area (Å²) in [6.45, 7) is 9.53. The van der Waals surface area contributed by atoms with Crippen molar-refractivity contribution < 1.29 is 38.9 Å². The largest absolute Gasteiger partial charge is 0.478 e. The molecule has 0 aliphatic heterocycles. The first-order valence-electron chi connectivity index (χ1n) is 19.4. The van der Waals surface area contributed by atoms with Gasteiger partial charge in [-0.25, -0.2) is 19.2 Å². The van der Waals surface area contributed by atoms with Gasteiger partial charge in [-0.05, 0) is 38.5 Å². The van der Waals surface area contributed by atoms with Gasteiger partial charge in [0.1, 0.15) is 0 Å². The van der Waals surface area contributed by atoms with Crippen LogP contribution in [-0.4, -0.2) is 47.3 Å². The lowest BCUT2D eigenvalue weighted by Crippen LogP contribution is -2.12. The number of aliphatic carboxylic acids is 2. The van der Waals surface area contributed by atoms with Gasteiger partial charge >= 0.3 is 23.9 Å². The number of esters is 2. The molecule has 0 fully saturated rings. The second-order valence-electron chi connectivity index (χ2n) is 12.8. The molecule has 0 aromatic carbocycles. The quantitative estimate of drug-likeness (QED) is 0.0408. The van der Waals surface area contributed by atoms with Gasteiger partial charge in [-0.1, -0.05) is 156 Å². The van der Waals surface area contributed by atoms with Crippen molar-refractivity contribution in [3.05, 3.63) is 23.3 Å².